The fraction of sp³-hybridized carbons (Fsp3) is 0.500. The van der Waals surface area contributed by atoms with E-state index in [1.807, 2.05) is 23.9 Å². The Morgan fingerprint density at radius 1 is 1.31 bits per heavy atom. The van der Waals surface area contributed by atoms with Gasteiger partial charge in [-0.1, -0.05) is 30.7 Å². The van der Waals surface area contributed by atoms with Crippen molar-refractivity contribution in [3.63, 3.8) is 0 Å². The minimum atomic E-state index is 0.152. The summed E-state index contributed by atoms with van der Waals surface area (Å²) in [5.74, 6) is 1.35. The quantitative estimate of drug-likeness (QED) is 0.739. The first kappa shape index (κ1) is 11.7. The van der Waals surface area contributed by atoms with Gasteiger partial charge in [0.25, 0.3) is 0 Å². The van der Waals surface area contributed by atoms with E-state index >= 15 is 0 Å². The van der Waals surface area contributed by atoms with Crippen LogP contribution in [0.4, 0.5) is 0 Å². The number of Topliss-reactive ketones (excluding diaryl/α,β-unsaturated/α-hetero) is 1. The number of hydrogen-bond acceptors (Lipinski definition) is 2. The van der Waals surface area contributed by atoms with Crippen LogP contribution in [0.3, 0.4) is 0 Å². The molecule has 2 rings (SSSR count). The second-order valence-corrected chi connectivity index (χ2v) is 5.57. The van der Waals surface area contributed by atoms with Crippen molar-refractivity contribution in [3.8, 4) is 0 Å². The molecule has 1 aromatic carbocycles. The van der Waals surface area contributed by atoms with Gasteiger partial charge in [0.05, 0.1) is 0 Å². The van der Waals surface area contributed by atoms with Gasteiger partial charge in [-0.05, 0) is 31.6 Å². The summed E-state index contributed by atoms with van der Waals surface area (Å²) < 4.78 is 0. The molecule has 2 heteroatoms. The number of benzene rings is 1. The van der Waals surface area contributed by atoms with Gasteiger partial charge in [-0.25, -0.2) is 0 Å². The topological polar surface area (TPSA) is 17.1 Å². The molecule has 0 spiro atoms. The molecular formula is C14H18OS. The van der Waals surface area contributed by atoms with E-state index in [0.29, 0.717) is 5.41 Å². The zero-order chi connectivity index (χ0) is 11.6. The largest absolute Gasteiger partial charge is 0.295 e. The van der Waals surface area contributed by atoms with Crippen LogP contribution in [-0.4, -0.2) is 17.8 Å². The average molecular weight is 234 g/mol. The van der Waals surface area contributed by atoms with Crippen LogP contribution in [0.25, 0.3) is 0 Å². The van der Waals surface area contributed by atoms with Gasteiger partial charge in [0, 0.05) is 16.7 Å². The van der Waals surface area contributed by atoms with E-state index in [1.165, 1.54) is 30.6 Å². The van der Waals surface area contributed by atoms with Crippen LogP contribution >= 0.6 is 11.8 Å². The molecule has 0 amide bonds. The van der Waals surface area contributed by atoms with Crippen LogP contribution in [0.5, 0.6) is 0 Å². The van der Waals surface area contributed by atoms with Gasteiger partial charge in [-0.3, -0.25) is 4.79 Å². The summed E-state index contributed by atoms with van der Waals surface area (Å²) in [5, 5.41) is 0. The number of carbonyl (C=O) groups is 1. The number of thioether (sulfide) groups is 1. The van der Waals surface area contributed by atoms with Crippen molar-refractivity contribution in [2.45, 2.75) is 31.6 Å². The summed E-state index contributed by atoms with van der Waals surface area (Å²) in [4.78, 5) is 11.2. The Kier molecular flexibility index (Phi) is 3.38. The fourth-order valence-electron chi connectivity index (χ4n) is 2.45. The molecule has 0 atom stereocenters. The molecule has 1 aromatic rings. The molecule has 0 aliphatic heterocycles. The maximum atomic E-state index is 11.2. The highest BCUT2D eigenvalue weighted by Crippen LogP contribution is 2.45. The van der Waals surface area contributed by atoms with Gasteiger partial charge in [-0.15, -0.1) is 0 Å². The van der Waals surface area contributed by atoms with E-state index in [9.17, 15) is 4.79 Å². The Morgan fingerprint density at radius 3 is 2.31 bits per heavy atom. The number of carbonyl (C=O) groups excluding carboxylic acids is 1. The standard InChI is InChI=1S/C14H18OS/c1-11(15)12-4-6-13(7-5-12)14(10-16-2)8-3-9-14/h4-7H,3,8-10H2,1-2H3. The molecule has 1 fully saturated rings. The normalized spacial score (nSPS) is 17.9. The molecule has 0 heterocycles. The minimum Gasteiger partial charge on any atom is -0.295 e. The Morgan fingerprint density at radius 2 is 1.94 bits per heavy atom. The van der Waals surface area contributed by atoms with Gasteiger partial charge in [0.15, 0.2) is 5.78 Å². The van der Waals surface area contributed by atoms with Crippen LogP contribution in [-0.2, 0) is 5.41 Å². The fourth-order valence-corrected chi connectivity index (χ4v) is 3.46. The lowest BCUT2D eigenvalue weighted by Crippen LogP contribution is -2.36. The van der Waals surface area contributed by atoms with Crippen molar-refractivity contribution in [3.05, 3.63) is 35.4 Å². The molecule has 1 saturated carbocycles. The van der Waals surface area contributed by atoms with Crippen molar-refractivity contribution < 1.29 is 4.79 Å². The molecule has 1 nitrogen and oxygen atoms in total. The van der Waals surface area contributed by atoms with Crippen LogP contribution < -0.4 is 0 Å². The smallest absolute Gasteiger partial charge is 0.159 e. The summed E-state index contributed by atoms with van der Waals surface area (Å²) in [5.41, 5.74) is 2.63. The predicted molar refractivity (Wildman–Crippen MR) is 70.4 cm³/mol. The zero-order valence-electron chi connectivity index (χ0n) is 9.95. The zero-order valence-corrected chi connectivity index (χ0v) is 10.8. The van der Waals surface area contributed by atoms with E-state index in [2.05, 4.69) is 18.4 Å². The lowest BCUT2D eigenvalue weighted by atomic mass is 9.66. The first-order valence-electron chi connectivity index (χ1n) is 5.78. The summed E-state index contributed by atoms with van der Waals surface area (Å²) in [6.45, 7) is 1.62. The van der Waals surface area contributed by atoms with Crippen molar-refractivity contribution in [1.82, 2.24) is 0 Å². The molecule has 0 saturated heterocycles. The maximum Gasteiger partial charge on any atom is 0.159 e. The minimum absolute atomic E-state index is 0.152. The van der Waals surface area contributed by atoms with Crippen LogP contribution in [0.15, 0.2) is 24.3 Å². The van der Waals surface area contributed by atoms with Crippen LogP contribution in [0, 0.1) is 0 Å². The number of hydrogen-bond donors (Lipinski definition) is 0. The third-order valence-corrected chi connectivity index (χ3v) is 4.48. The van der Waals surface area contributed by atoms with E-state index < -0.39 is 0 Å². The van der Waals surface area contributed by atoms with Gasteiger partial charge in [0.1, 0.15) is 0 Å². The van der Waals surface area contributed by atoms with E-state index in [0.717, 1.165) is 5.56 Å². The SMILES string of the molecule is CSCC1(c2ccc(C(C)=O)cc2)CCC1. The van der Waals surface area contributed by atoms with E-state index in [-0.39, 0.29) is 5.78 Å². The lowest BCUT2D eigenvalue weighted by Gasteiger charge is -2.42. The lowest BCUT2D eigenvalue weighted by molar-refractivity contribution is 0.101. The Labute approximate surface area is 102 Å². The molecule has 0 unspecified atom stereocenters. The molecule has 16 heavy (non-hydrogen) atoms. The van der Waals surface area contributed by atoms with Crippen molar-refractivity contribution in [1.29, 1.82) is 0 Å². The summed E-state index contributed by atoms with van der Waals surface area (Å²) in [6, 6.07) is 8.23. The van der Waals surface area contributed by atoms with Crippen LogP contribution in [0.2, 0.25) is 0 Å². The number of ketones is 1. The second-order valence-electron chi connectivity index (χ2n) is 4.70. The van der Waals surface area contributed by atoms with Crippen LogP contribution in [0.1, 0.15) is 42.1 Å². The second kappa shape index (κ2) is 4.62. The average Bonchev–Trinajstić information content (AvgIpc) is 2.23. The number of rotatable bonds is 4. The highest BCUT2D eigenvalue weighted by atomic mass is 32.2. The Bertz CT molecular complexity index is 376. The highest BCUT2D eigenvalue weighted by Gasteiger charge is 2.37. The predicted octanol–water partition coefficient (Wildman–Crippen LogP) is 3.67. The molecular weight excluding hydrogens is 216 g/mol. The van der Waals surface area contributed by atoms with Crippen molar-refractivity contribution >= 4 is 17.5 Å². The monoisotopic (exact) mass is 234 g/mol. The maximum absolute atomic E-state index is 11.2. The molecule has 0 N–H and O–H groups in total. The van der Waals surface area contributed by atoms with Gasteiger partial charge in [0.2, 0.25) is 0 Å². The third kappa shape index (κ3) is 2.03. The van der Waals surface area contributed by atoms with Gasteiger partial charge in [-0.2, -0.15) is 11.8 Å². The first-order chi connectivity index (χ1) is 7.68. The molecule has 0 radical (unpaired) electrons. The molecule has 1 aliphatic rings. The molecule has 86 valence electrons. The highest BCUT2D eigenvalue weighted by molar-refractivity contribution is 7.98. The summed E-state index contributed by atoms with van der Waals surface area (Å²) >= 11 is 1.92. The van der Waals surface area contributed by atoms with E-state index in [4.69, 9.17) is 0 Å². The van der Waals surface area contributed by atoms with Gasteiger partial charge >= 0.3 is 0 Å². The van der Waals surface area contributed by atoms with Crippen molar-refractivity contribution in [2.75, 3.05) is 12.0 Å². The van der Waals surface area contributed by atoms with Gasteiger partial charge < -0.3 is 0 Å². The summed E-state index contributed by atoms with van der Waals surface area (Å²) in [7, 11) is 0. The van der Waals surface area contributed by atoms with E-state index in [1.54, 1.807) is 6.92 Å². The molecule has 0 aromatic heterocycles. The first-order valence-corrected chi connectivity index (χ1v) is 7.18. The summed E-state index contributed by atoms with van der Waals surface area (Å²) in [6.07, 6.45) is 6.11. The third-order valence-electron chi connectivity index (χ3n) is 3.64. The Hall–Kier alpha value is -0.760. The molecule has 0 bridgehead atoms. The van der Waals surface area contributed by atoms with Crippen molar-refractivity contribution in [2.24, 2.45) is 0 Å². The molecule has 1 aliphatic carbocycles. The Balaban J connectivity index is 2.23.